The van der Waals surface area contributed by atoms with E-state index < -0.39 is 0 Å². The average Bonchev–Trinajstić information content (AvgIpc) is 3.53. The summed E-state index contributed by atoms with van der Waals surface area (Å²) in [5.74, 6) is 0.505. The summed E-state index contributed by atoms with van der Waals surface area (Å²) < 4.78 is -0.0235. The van der Waals surface area contributed by atoms with Crippen molar-refractivity contribution >= 4 is 50.4 Å². The molecule has 0 aliphatic carbocycles. The summed E-state index contributed by atoms with van der Waals surface area (Å²) in [6.07, 6.45) is 5.67. The fraction of sp³-hybridized carbons (Fsp3) is 0.450. The van der Waals surface area contributed by atoms with Crippen LogP contribution < -0.4 is 0 Å². The molecule has 0 N–H and O–H groups in total. The maximum Gasteiger partial charge on any atom is 0.179 e. The summed E-state index contributed by atoms with van der Waals surface area (Å²) in [4.78, 5) is 39.7. The Labute approximate surface area is 314 Å². The van der Waals surface area contributed by atoms with Crippen molar-refractivity contribution < 1.29 is 0 Å². The topological polar surface area (TPSA) is 102 Å². The molecular formula is C40H46N8S3. The highest BCUT2D eigenvalue weighted by atomic mass is 32.2. The summed E-state index contributed by atoms with van der Waals surface area (Å²) in [5, 5.41) is 3.02. The Hall–Kier alpha value is -3.41. The highest BCUT2D eigenvalue weighted by Crippen LogP contribution is 2.48. The van der Waals surface area contributed by atoms with E-state index in [1.54, 1.807) is 35.3 Å². The Balaban J connectivity index is 1.25. The van der Waals surface area contributed by atoms with Crippen LogP contribution in [0.4, 0.5) is 0 Å². The number of hydrogen-bond acceptors (Lipinski definition) is 11. The van der Waals surface area contributed by atoms with Gasteiger partial charge in [0, 0.05) is 49.5 Å². The molecule has 0 atom stereocenters. The molecule has 0 unspecified atom stereocenters. The van der Waals surface area contributed by atoms with Crippen LogP contribution in [0.5, 0.6) is 0 Å². The van der Waals surface area contributed by atoms with Gasteiger partial charge in [-0.2, -0.15) is 0 Å². The minimum Gasteiger partial charge on any atom is -0.270 e. The lowest BCUT2D eigenvalue weighted by molar-refractivity contribution is 0.426. The third kappa shape index (κ3) is 6.48. The van der Waals surface area contributed by atoms with Gasteiger partial charge in [0.1, 0.15) is 20.8 Å². The smallest absolute Gasteiger partial charge is 0.179 e. The molecule has 0 aromatic carbocycles. The summed E-state index contributed by atoms with van der Waals surface area (Å²) in [6.45, 7) is 26.5. The van der Waals surface area contributed by atoms with E-state index in [1.165, 1.54) is 0 Å². The minimum atomic E-state index is -0.173. The van der Waals surface area contributed by atoms with Gasteiger partial charge in [0.05, 0.1) is 39.4 Å². The van der Waals surface area contributed by atoms with Crippen molar-refractivity contribution in [3.05, 3.63) is 77.7 Å². The summed E-state index contributed by atoms with van der Waals surface area (Å²) >= 11 is 5.38. The molecule has 0 radical (unpaired) electrons. The van der Waals surface area contributed by atoms with Gasteiger partial charge in [-0.3, -0.25) is 29.9 Å². The first kappa shape index (κ1) is 36.0. The average molecular weight is 735 g/mol. The predicted octanol–water partition coefficient (Wildman–Crippen LogP) is 9.81. The van der Waals surface area contributed by atoms with E-state index in [9.17, 15) is 0 Å². The van der Waals surface area contributed by atoms with Crippen LogP contribution in [0.2, 0.25) is 0 Å². The molecular weight excluding hydrogens is 689 g/mol. The van der Waals surface area contributed by atoms with Crippen LogP contribution in [-0.4, -0.2) is 70.9 Å². The lowest BCUT2D eigenvalue weighted by Crippen LogP contribution is -2.36. The lowest BCUT2D eigenvalue weighted by atomic mass is 9.91. The fourth-order valence-corrected chi connectivity index (χ4v) is 9.40. The van der Waals surface area contributed by atoms with Gasteiger partial charge >= 0.3 is 0 Å². The quantitative estimate of drug-likeness (QED) is 0.193. The van der Waals surface area contributed by atoms with Crippen LogP contribution in [0.3, 0.4) is 0 Å². The molecule has 264 valence electrons. The second-order valence-corrected chi connectivity index (χ2v) is 21.4. The van der Waals surface area contributed by atoms with Gasteiger partial charge in [-0.05, 0) is 126 Å². The molecule has 51 heavy (non-hydrogen) atoms. The molecule has 3 aliphatic heterocycles. The van der Waals surface area contributed by atoms with Crippen LogP contribution in [0, 0.1) is 0 Å². The van der Waals surface area contributed by atoms with E-state index in [-0.39, 0.29) is 30.9 Å². The molecule has 8 nitrogen and oxygen atoms in total. The first-order valence-corrected chi connectivity index (χ1v) is 19.8. The number of aliphatic imine (C=N–C) groups is 3. The van der Waals surface area contributed by atoms with Crippen molar-refractivity contribution in [1.82, 2.24) is 24.9 Å². The fourth-order valence-electron chi connectivity index (χ4n) is 5.52. The van der Waals surface area contributed by atoms with Crippen LogP contribution in [0.25, 0.3) is 34.3 Å². The zero-order valence-corrected chi connectivity index (χ0v) is 34.0. The van der Waals surface area contributed by atoms with Gasteiger partial charge in [-0.15, -0.1) is 0 Å². The van der Waals surface area contributed by atoms with Crippen LogP contribution in [-0.2, 0) is 0 Å². The van der Waals surface area contributed by atoms with Crippen molar-refractivity contribution in [2.75, 3.05) is 0 Å². The van der Waals surface area contributed by atoms with Crippen molar-refractivity contribution in [3.8, 4) is 34.3 Å². The van der Waals surface area contributed by atoms with Crippen molar-refractivity contribution in [3.63, 3.8) is 0 Å². The third-order valence-corrected chi connectivity index (χ3v) is 15.7. The summed E-state index contributed by atoms with van der Waals surface area (Å²) in [5.41, 5.74) is 6.02. The molecule has 0 fully saturated rings. The van der Waals surface area contributed by atoms with E-state index >= 15 is 0 Å². The largest absolute Gasteiger partial charge is 0.270 e. The maximum absolute atomic E-state index is 5.03. The van der Waals surface area contributed by atoms with Crippen LogP contribution in [0.1, 0.15) is 99.8 Å². The van der Waals surface area contributed by atoms with Gasteiger partial charge in [-0.25, -0.2) is 9.97 Å². The Morgan fingerprint density at radius 3 is 0.961 bits per heavy atom. The maximum atomic E-state index is 5.03. The molecule has 4 aromatic heterocycles. The van der Waals surface area contributed by atoms with Gasteiger partial charge in [0.25, 0.3) is 0 Å². The molecule has 0 amide bonds. The molecule has 0 saturated carbocycles. The van der Waals surface area contributed by atoms with E-state index in [2.05, 4.69) is 101 Å². The predicted molar refractivity (Wildman–Crippen MR) is 219 cm³/mol. The van der Waals surface area contributed by atoms with E-state index in [1.807, 2.05) is 42.9 Å². The Morgan fingerprint density at radius 2 is 0.706 bits per heavy atom. The second-order valence-electron chi connectivity index (χ2n) is 16.5. The minimum absolute atomic E-state index is 0.00646. The van der Waals surface area contributed by atoms with E-state index in [0.29, 0.717) is 22.9 Å². The number of nitrogens with zero attached hydrogens (tertiary/aromatic N) is 8. The molecule has 0 spiro atoms. The first-order valence-electron chi connectivity index (χ1n) is 17.3. The molecule has 4 aromatic rings. The molecule has 0 bridgehead atoms. The van der Waals surface area contributed by atoms with Crippen LogP contribution in [0.15, 0.2) is 76.0 Å². The highest BCUT2D eigenvalue weighted by Gasteiger charge is 2.46. The third-order valence-electron chi connectivity index (χ3n) is 11.1. The molecule has 7 heterocycles. The summed E-state index contributed by atoms with van der Waals surface area (Å²) in [6, 6.07) is 14.2. The Kier molecular flexibility index (Phi) is 8.51. The molecule has 11 heteroatoms. The molecule has 0 saturated heterocycles. The molecule has 3 aliphatic rings. The molecule has 7 rings (SSSR count). The second kappa shape index (κ2) is 12.1. The van der Waals surface area contributed by atoms with Crippen molar-refractivity contribution in [2.45, 2.75) is 114 Å². The number of thioether (sulfide) groups is 3. The Morgan fingerprint density at radius 1 is 0.392 bits per heavy atom. The van der Waals surface area contributed by atoms with Gasteiger partial charge < -0.3 is 0 Å². The SMILES string of the molecule is CC1(C)N=C(c2ccc(-c3cc(-c4ccc(C5=NC(C)(C)C(C)(C)S5)cn4)nc(-c4ccc(C5=NC(C)(C)C(C)(C)S5)cn4)n3)nc2)SC1(C)C. The van der Waals surface area contributed by atoms with Crippen molar-refractivity contribution in [2.24, 2.45) is 15.0 Å². The monoisotopic (exact) mass is 734 g/mol. The lowest BCUT2D eigenvalue weighted by Gasteiger charge is -2.30. The van der Waals surface area contributed by atoms with Crippen molar-refractivity contribution in [1.29, 1.82) is 0 Å². The zero-order chi connectivity index (χ0) is 36.8. The van der Waals surface area contributed by atoms with Gasteiger partial charge in [0.2, 0.25) is 0 Å². The van der Waals surface area contributed by atoms with Gasteiger partial charge in [-0.1, -0.05) is 35.3 Å². The van der Waals surface area contributed by atoms with E-state index in [0.717, 1.165) is 43.2 Å². The normalized spacial score (nSPS) is 22.0. The first-order chi connectivity index (χ1) is 23.7. The summed E-state index contributed by atoms with van der Waals surface area (Å²) in [7, 11) is 0. The number of pyridine rings is 3. The number of aromatic nitrogens is 5. The number of rotatable bonds is 6. The standard InChI is InChI=1S/C40H46N8S3/c1-35(2)38(7,8)49-32(46-35)23-13-16-26(41-20-23)29-19-30(27-17-14-24(21-42-27)33-47-36(3,4)39(9,10)50-33)45-31(44-29)28-18-15-25(22-43-28)34-48-37(5,6)40(11,12)51-34/h13-22H,1-12H3. The van der Waals surface area contributed by atoms with Gasteiger partial charge in [0.15, 0.2) is 5.82 Å². The Bertz CT molecular complexity index is 1850. The zero-order valence-electron chi connectivity index (χ0n) is 31.6. The van der Waals surface area contributed by atoms with E-state index in [4.69, 9.17) is 39.9 Å². The van der Waals surface area contributed by atoms with Crippen LogP contribution >= 0.6 is 35.3 Å². The number of hydrogen-bond donors (Lipinski definition) is 0. The highest BCUT2D eigenvalue weighted by molar-refractivity contribution is 8.16.